The fraction of sp³-hybridized carbons (Fsp3) is 0. The molecule has 4 nitrogen and oxygen atoms in total. The number of hydrogen-bond acceptors (Lipinski definition) is 4. The number of nitriles is 2. The maximum absolute atomic E-state index is 13.0. The van der Waals surface area contributed by atoms with Crippen molar-refractivity contribution in [2.45, 2.75) is 0 Å². The summed E-state index contributed by atoms with van der Waals surface area (Å²) >= 11 is 2.87. The van der Waals surface area contributed by atoms with Crippen LogP contribution in [0.1, 0.15) is 0 Å². The predicted molar refractivity (Wildman–Crippen MR) is 56.3 cm³/mol. The minimum atomic E-state index is -0.812. The second-order valence-corrected chi connectivity index (χ2v) is 3.34. The second kappa shape index (κ2) is 5.19. The number of hydrazone groups is 1. The van der Waals surface area contributed by atoms with E-state index in [0.29, 0.717) is 6.07 Å². The first kappa shape index (κ1) is 12.1. The second-order valence-electron chi connectivity index (χ2n) is 2.54. The van der Waals surface area contributed by atoms with Crippen LogP contribution in [0, 0.1) is 34.3 Å². The first-order valence-electron chi connectivity index (χ1n) is 3.87. The molecule has 0 radical (unpaired) electrons. The van der Waals surface area contributed by atoms with Gasteiger partial charge in [-0.05, 0) is 15.9 Å². The smallest absolute Gasteiger partial charge is 0.237 e. The van der Waals surface area contributed by atoms with Gasteiger partial charge in [-0.3, -0.25) is 5.43 Å². The summed E-state index contributed by atoms with van der Waals surface area (Å²) in [5.74, 6) is -1.61. The topological polar surface area (TPSA) is 72.0 Å². The van der Waals surface area contributed by atoms with Crippen LogP contribution in [0.5, 0.6) is 0 Å². The number of rotatable bonds is 2. The van der Waals surface area contributed by atoms with Gasteiger partial charge in [0.1, 0.15) is 23.8 Å². The average molecular weight is 285 g/mol. The zero-order valence-corrected chi connectivity index (χ0v) is 9.22. The number of anilines is 1. The molecule has 0 aliphatic rings. The SMILES string of the molecule is N#CC(C#N)=NNc1cc(F)cc(F)c1Br. The Morgan fingerprint density at radius 3 is 2.50 bits per heavy atom. The van der Waals surface area contributed by atoms with Gasteiger partial charge in [0.2, 0.25) is 5.71 Å². The molecule has 7 heteroatoms. The van der Waals surface area contributed by atoms with Gasteiger partial charge in [0.15, 0.2) is 0 Å². The van der Waals surface area contributed by atoms with E-state index in [-0.39, 0.29) is 10.2 Å². The molecule has 16 heavy (non-hydrogen) atoms. The number of nitrogens with zero attached hydrogens (tertiary/aromatic N) is 3. The van der Waals surface area contributed by atoms with Gasteiger partial charge in [0, 0.05) is 12.1 Å². The van der Waals surface area contributed by atoms with Gasteiger partial charge in [0.05, 0.1) is 10.2 Å². The van der Waals surface area contributed by atoms with Crippen LogP contribution in [0.4, 0.5) is 14.5 Å². The number of halogens is 3. The summed E-state index contributed by atoms with van der Waals surface area (Å²) in [6.45, 7) is 0. The molecule has 80 valence electrons. The molecule has 0 aliphatic carbocycles. The third-order valence-electron chi connectivity index (χ3n) is 1.49. The molecule has 1 aromatic carbocycles. The Hall–Kier alpha value is -1.99. The van der Waals surface area contributed by atoms with E-state index in [0.717, 1.165) is 6.07 Å². The molecule has 1 aromatic rings. The highest BCUT2D eigenvalue weighted by Crippen LogP contribution is 2.26. The fourth-order valence-electron chi connectivity index (χ4n) is 0.828. The summed E-state index contributed by atoms with van der Waals surface area (Å²) in [6.07, 6.45) is 0. The van der Waals surface area contributed by atoms with Crippen LogP contribution < -0.4 is 5.43 Å². The first-order chi connectivity index (χ1) is 7.58. The fourth-order valence-corrected chi connectivity index (χ4v) is 1.15. The number of hydrogen-bond donors (Lipinski definition) is 1. The van der Waals surface area contributed by atoms with Crippen LogP contribution >= 0.6 is 15.9 Å². The summed E-state index contributed by atoms with van der Waals surface area (Å²) in [6, 6.07) is 4.65. The minimum absolute atomic E-state index is 0.0134. The Balaban J connectivity index is 3.05. The molecule has 0 aliphatic heterocycles. The van der Waals surface area contributed by atoms with Crippen molar-refractivity contribution in [2.24, 2.45) is 5.10 Å². The van der Waals surface area contributed by atoms with E-state index in [4.69, 9.17) is 10.5 Å². The summed E-state index contributed by atoms with van der Waals surface area (Å²) in [5.41, 5.74) is 1.75. The van der Waals surface area contributed by atoms with Crippen molar-refractivity contribution in [1.29, 1.82) is 10.5 Å². The van der Waals surface area contributed by atoms with Gasteiger partial charge in [-0.2, -0.15) is 15.6 Å². The highest BCUT2D eigenvalue weighted by Gasteiger charge is 2.08. The van der Waals surface area contributed by atoms with Gasteiger partial charge in [-0.1, -0.05) is 0 Å². The standard InChI is InChI=1S/C9H3BrF2N4/c10-9-7(12)1-5(11)2-8(9)16-15-6(3-13)4-14/h1-2,16H. The lowest BCUT2D eigenvalue weighted by molar-refractivity contribution is 0.580. The Morgan fingerprint density at radius 2 is 1.94 bits per heavy atom. The third kappa shape index (κ3) is 2.75. The molecule has 0 amide bonds. The van der Waals surface area contributed by atoms with Crippen LogP contribution in [0.3, 0.4) is 0 Å². The van der Waals surface area contributed by atoms with Crippen LogP contribution in [0.15, 0.2) is 21.7 Å². The lowest BCUT2D eigenvalue weighted by Gasteiger charge is -2.04. The van der Waals surface area contributed by atoms with E-state index < -0.39 is 17.3 Å². The Bertz CT molecular complexity index is 512. The molecule has 0 saturated carbocycles. The van der Waals surface area contributed by atoms with Gasteiger partial charge in [-0.15, -0.1) is 0 Å². The van der Waals surface area contributed by atoms with Crippen molar-refractivity contribution in [3.05, 3.63) is 28.2 Å². The molecule has 0 fully saturated rings. The molecule has 0 heterocycles. The van der Waals surface area contributed by atoms with E-state index in [9.17, 15) is 8.78 Å². The lowest BCUT2D eigenvalue weighted by atomic mass is 10.3. The minimum Gasteiger partial charge on any atom is -0.275 e. The van der Waals surface area contributed by atoms with Gasteiger partial charge in [0.25, 0.3) is 0 Å². The molecule has 1 rings (SSSR count). The van der Waals surface area contributed by atoms with E-state index in [1.54, 1.807) is 0 Å². The van der Waals surface area contributed by atoms with Gasteiger partial charge in [-0.25, -0.2) is 8.78 Å². The quantitative estimate of drug-likeness (QED) is 0.515. The highest BCUT2D eigenvalue weighted by molar-refractivity contribution is 9.10. The molecule has 0 spiro atoms. The monoisotopic (exact) mass is 284 g/mol. The molecular formula is C9H3BrF2N4. The summed E-state index contributed by atoms with van der Waals surface area (Å²) < 4.78 is 25.8. The Labute approximate surface area is 97.9 Å². The highest BCUT2D eigenvalue weighted by atomic mass is 79.9. The first-order valence-corrected chi connectivity index (χ1v) is 4.66. The Kier molecular flexibility index (Phi) is 3.92. The Morgan fingerprint density at radius 1 is 1.31 bits per heavy atom. The number of benzene rings is 1. The van der Waals surface area contributed by atoms with Crippen molar-refractivity contribution in [3.63, 3.8) is 0 Å². The largest absolute Gasteiger partial charge is 0.275 e. The lowest BCUT2D eigenvalue weighted by Crippen LogP contribution is -1.98. The van der Waals surface area contributed by atoms with E-state index in [2.05, 4.69) is 26.5 Å². The van der Waals surface area contributed by atoms with Crippen LogP contribution in [0.2, 0.25) is 0 Å². The molecule has 0 aromatic heterocycles. The van der Waals surface area contributed by atoms with Crippen molar-refractivity contribution < 1.29 is 8.78 Å². The summed E-state index contributed by atoms with van der Waals surface area (Å²) in [4.78, 5) is 0. The summed E-state index contributed by atoms with van der Waals surface area (Å²) in [7, 11) is 0. The van der Waals surface area contributed by atoms with Crippen molar-refractivity contribution >= 4 is 27.3 Å². The summed E-state index contributed by atoms with van der Waals surface area (Å²) in [5, 5.41) is 20.1. The van der Waals surface area contributed by atoms with Crippen LogP contribution in [0.25, 0.3) is 0 Å². The number of nitrogens with one attached hydrogen (secondary N) is 1. The maximum atomic E-state index is 13.0. The molecular weight excluding hydrogens is 282 g/mol. The third-order valence-corrected chi connectivity index (χ3v) is 2.30. The van der Waals surface area contributed by atoms with Crippen LogP contribution in [-0.2, 0) is 0 Å². The van der Waals surface area contributed by atoms with E-state index in [1.165, 1.54) is 12.1 Å². The van der Waals surface area contributed by atoms with Gasteiger partial charge < -0.3 is 0 Å². The van der Waals surface area contributed by atoms with Crippen LogP contribution in [-0.4, -0.2) is 5.71 Å². The van der Waals surface area contributed by atoms with Gasteiger partial charge >= 0.3 is 0 Å². The van der Waals surface area contributed by atoms with E-state index in [1.807, 2.05) is 0 Å². The normalized spacial score (nSPS) is 8.81. The van der Waals surface area contributed by atoms with E-state index >= 15 is 0 Å². The molecule has 0 unspecified atom stereocenters. The zero-order chi connectivity index (χ0) is 12.1. The van der Waals surface area contributed by atoms with Crippen molar-refractivity contribution in [1.82, 2.24) is 0 Å². The maximum Gasteiger partial charge on any atom is 0.237 e. The molecule has 1 N–H and O–H groups in total. The predicted octanol–water partition coefficient (Wildman–Crippen LogP) is 2.54. The van der Waals surface area contributed by atoms with Crippen molar-refractivity contribution in [2.75, 3.05) is 5.43 Å². The van der Waals surface area contributed by atoms with Crippen molar-refractivity contribution in [3.8, 4) is 12.1 Å². The molecule has 0 atom stereocenters. The zero-order valence-electron chi connectivity index (χ0n) is 7.63. The average Bonchev–Trinajstić information content (AvgIpc) is 2.26. The molecule has 0 saturated heterocycles. The molecule has 0 bridgehead atoms.